The molecule has 0 aliphatic rings. The number of carbonyl (C=O) groups is 1. The fourth-order valence-corrected chi connectivity index (χ4v) is 2.50. The van der Waals surface area contributed by atoms with Crippen LogP contribution < -0.4 is 5.73 Å². The molecule has 0 fully saturated rings. The van der Waals surface area contributed by atoms with Crippen molar-refractivity contribution in [3.63, 3.8) is 0 Å². The number of hydrogen-bond donors (Lipinski definition) is 1. The van der Waals surface area contributed by atoms with Crippen LogP contribution in [0.2, 0.25) is 0 Å². The quantitative estimate of drug-likeness (QED) is 0.802. The van der Waals surface area contributed by atoms with E-state index in [1.807, 2.05) is 10.8 Å². The number of hydrogen-bond acceptors (Lipinski definition) is 5. The molecule has 2 aromatic heterocycles. The lowest BCUT2D eigenvalue weighted by Gasteiger charge is -2.03. The molecule has 0 unspecified atom stereocenters. The first-order chi connectivity index (χ1) is 8.76. The van der Waals surface area contributed by atoms with Crippen LogP contribution in [0.25, 0.3) is 0 Å². The summed E-state index contributed by atoms with van der Waals surface area (Å²) in [7, 11) is 0. The Morgan fingerprint density at radius 3 is 3.11 bits per heavy atom. The zero-order chi connectivity index (χ0) is 13.0. The van der Waals surface area contributed by atoms with Gasteiger partial charge in [-0.15, -0.1) is 11.3 Å². The smallest absolute Gasteiger partial charge is 0.247 e. The van der Waals surface area contributed by atoms with E-state index in [4.69, 9.17) is 5.73 Å². The third-order valence-electron chi connectivity index (χ3n) is 2.53. The van der Waals surface area contributed by atoms with Crippen LogP contribution in [0.15, 0.2) is 17.8 Å². The zero-order valence-electron chi connectivity index (χ0n) is 10.3. The van der Waals surface area contributed by atoms with Crippen LogP contribution in [0.3, 0.4) is 0 Å². The monoisotopic (exact) mass is 264 g/mol. The highest BCUT2D eigenvalue weighted by Crippen LogP contribution is 2.14. The van der Waals surface area contributed by atoms with E-state index in [9.17, 15) is 4.79 Å². The lowest BCUT2D eigenvalue weighted by atomic mass is 10.3. The maximum absolute atomic E-state index is 12.3. The molecule has 0 aromatic carbocycles. The van der Waals surface area contributed by atoms with Gasteiger partial charge in [-0.1, -0.05) is 6.92 Å². The second kappa shape index (κ2) is 5.88. The molecule has 0 spiro atoms. The van der Waals surface area contributed by atoms with E-state index in [1.165, 1.54) is 11.3 Å². The Morgan fingerprint density at radius 1 is 1.56 bits per heavy atom. The molecule has 2 aromatic rings. The van der Waals surface area contributed by atoms with E-state index in [1.54, 1.807) is 11.6 Å². The number of carbonyl (C=O) groups excluding carboxylic acids is 1. The number of nitrogens with two attached hydrogens (primary N) is 1. The fourth-order valence-electron chi connectivity index (χ4n) is 1.71. The molecule has 2 rings (SSSR count). The molecule has 0 aliphatic carbocycles. The highest BCUT2D eigenvalue weighted by molar-refractivity contribution is 7.09. The van der Waals surface area contributed by atoms with Crippen molar-refractivity contribution in [1.29, 1.82) is 0 Å². The van der Waals surface area contributed by atoms with E-state index in [-0.39, 0.29) is 5.78 Å². The second-order valence-electron chi connectivity index (χ2n) is 3.94. The summed E-state index contributed by atoms with van der Waals surface area (Å²) in [6, 6.07) is 0. The number of ketones is 1. The largest absolute Gasteiger partial charge is 0.330 e. The number of rotatable bonds is 6. The van der Waals surface area contributed by atoms with Gasteiger partial charge in [0.2, 0.25) is 5.78 Å². The van der Waals surface area contributed by atoms with Crippen LogP contribution in [0.1, 0.15) is 34.7 Å². The van der Waals surface area contributed by atoms with Gasteiger partial charge in [0, 0.05) is 30.7 Å². The minimum absolute atomic E-state index is 0.118. The molecule has 2 heterocycles. The fraction of sp³-hybridized carbons (Fsp3) is 0.417. The predicted octanol–water partition coefficient (Wildman–Crippen LogP) is 1.48. The van der Waals surface area contributed by atoms with Gasteiger partial charge in [0.1, 0.15) is 5.69 Å². The highest BCUT2D eigenvalue weighted by atomic mass is 32.1. The van der Waals surface area contributed by atoms with Gasteiger partial charge in [-0.05, 0) is 13.0 Å². The van der Waals surface area contributed by atoms with E-state index in [2.05, 4.69) is 16.9 Å². The third-order valence-corrected chi connectivity index (χ3v) is 3.43. The van der Waals surface area contributed by atoms with Crippen molar-refractivity contribution >= 4 is 17.1 Å². The van der Waals surface area contributed by atoms with Crippen LogP contribution in [0.4, 0.5) is 0 Å². The van der Waals surface area contributed by atoms with Gasteiger partial charge in [-0.25, -0.2) is 9.97 Å². The number of aromatic nitrogens is 3. The third kappa shape index (κ3) is 2.65. The Kier molecular flexibility index (Phi) is 4.22. The number of nitrogens with zero attached hydrogens (tertiary/aromatic N) is 3. The van der Waals surface area contributed by atoms with E-state index >= 15 is 0 Å². The van der Waals surface area contributed by atoms with E-state index in [0.717, 1.165) is 18.0 Å². The molecule has 0 atom stereocenters. The van der Waals surface area contributed by atoms with Crippen LogP contribution >= 0.6 is 11.3 Å². The van der Waals surface area contributed by atoms with Gasteiger partial charge in [-0.2, -0.15) is 0 Å². The Hall–Kier alpha value is -1.53. The minimum atomic E-state index is -0.118. The average molecular weight is 264 g/mol. The van der Waals surface area contributed by atoms with Crippen molar-refractivity contribution in [2.24, 2.45) is 5.73 Å². The highest BCUT2D eigenvalue weighted by Gasteiger charge is 2.17. The van der Waals surface area contributed by atoms with Gasteiger partial charge in [0.05, 0.1) is 5.01 Å². The first kappa shape index (κ1) is 12.9. The average Bonchev–Trinajstić information content (AvgIpc) is 2.98. The van der Waals surface area contributed by atoms with E-state index in [0.29, 0.717) is 24.5 Å². The maximum Gasteiger partial charge on any atom is 0.247 e. The van der Waals surface area contributed by atoms with Gasteiger partial charge in [-0.3, -0.25) is 4.79 Å². The van der Waals surface area contributed by atoms with Crippen molar-refractivity contribution in [2.45, 2.75) is 26.3 Å². The summed E-state index contributed by atoms with van der Waals surface area (Å²) in [5.74, 6) is 0.342. The molecule has 0 saturated heterocycles. The standard InChI is InChI=1S/C12H16N4OS/c1-2-6-16-7-5-14-12(16)11(17)9-8-18-10(15-9)3-4-13/h5,7-8H,2-4,6,13H2,1H3. The van der Waals surface area contributed by atoms with Crippen LogP contribution in [0.5, 0.6) is 0 Å². The summed E-state index contributed by atoms with van der Waals surface area (Å²) in [6.45, 7) is 3.41. The molecule has 2 N–H and O–H groups in total. The van der Waals surface area contributed by atoms with Crippen LogP contribution in [0, 0.1) is 0 Å². The topological polar surface area (TPSA) is 73.8 Å². The normalized spacial score (nSPS) is 10.8. The molecular weight excluding hydrogens is 248 g/mol. The Labute approximate surface area is 110 Å². The van der Waals surface area contributed by atoms with Gasteiger partial charge < -0.3 is 10.3 Å². The van der Waals surface area contributed by atoms with Gasteiger partial charge in [0.15, 0.2) is 5.82 Å². The molecule has 0 radical (unpaired) electrons. The summed E-state index contributed by atoms with van der Waals surface area (Å²) in [4.78, 5) is 20.7. The summed E-state index contributed by atoms with van der Waals surface area (Å²) in [6.07, 6.45) is 5.15. The molecule has 0 amide bonds. The molecule has 0 aliphatic heterocycles. The lowest BCUT2D eigenvalue weighted by molar-refractivity contribution is 0.102. The molecule has 96 valence electrons. The summed E-state index contributed by atoms with van der Waals surface area (Å²) in [5, 5.41) is 2.67. The summed E-state index contributed by atoms with van der Waals surface area (Å²) < 4.78 is 1.87. The van der Waals surface area contributed by atoms with Crippen molar-refractivity contribution in [3.05, 3.63) is 34.3 Å². The van der Waals surface area contributed by atoms with Crippen molar-refractivity contribution in [2.75, 3.05) is 6.54 Å². The molecule has 0 saturated carbocycles. The Bertz CT molecular complexity index is 532. The van der Waals surface area contributed by atoms with Gasteiger partial charge >= 0.3 is 0 Å². The Morgan fingerprint density at radius 2 is 2.39 bits per heavy atom. The summed E-state index contributed by atoms with van der Waals surface area (Å²) in [5.41, 5.74) is 5.93. The Balaban J connectivity index is 2.21. The second-order valence-corrected chi connectivity index (χ2v) is 4.88. The van der Waals surface area contributed by atoms with Crippen molar-refractivity contribution in [1.82, 2.24) is 14.5 Å². The van der Waals surface area contributed by atoms with Crippen molar-refractivity contribution < 1.29 is 4.79 Å². The predicted molar refractivity (Wildman–Crippen MR) is 70.8 cm³/mol. The van der Waals surface area contributed by atoms with Gasteiger partial charge in [0.25, 0.3) is 0 Å². The first-order valence-electron chi connectivity index (χ1n) is 5.96. The van der Waals surface area contributed by atoms with Crippen molar-refractivity contribution in [3.8, 4) is 0 Å². The number of thiazole rings is 1. The minimum Gasteiger partial charge on any atom is -0.330 e. The zero-order valence-corrected chi connectivity index (χ0v) is 11.1. The van der Waals surface area contributed by atoms with E-state index < -0.39 is 0 Å². The number of imidazole rings is 1. The summed E-state index contributed by atoms with van der Waals surface area (Å²) >= 11 is 1.47. The molecule has 0 bridgehead atoms. The van der Waals surface area contributed by atoms with Crippen LogP contribution in [-0.4, -0.2) is 26.9 Å². The number of aryl methyl sites for hydroxylation is 1. The molecular formula is C12H16N4OS. The maximum atomic E-state index is 12.3. The SMILES string of the molecule is CCCn1ccnc1C(=O)c1csc(CCN)n1. The van der Waals surface area contributed by atoms with Crippen LogP contribution in [-0.2, 0) is 13.0 Å². The molecule has 5 nitrogen and oxygen atoms in total. The first-order valence-corrected chi connectivity index (χ1v) is 6.84. The molecule has 18 heavy (non-hydrogen) atoms. The lowest BCUT2D eigenvalue weighted by Crippen LogP contribution is -2.12. The molecule has 6 heteroatoms.